The Morgan fingerprint density at radius 2 is 1.81 bits per heavy atom. The highest BCUT2D eigenvalue weighted by atomic mass is 32.2. The van der Waals surface area contributed by atoms with Gasteiger partial charge in [0.15, 0.2) is 0 Å². The fourth-order valence-electron chi connectivity index (χ4n) is 3.30. The van der Waals surface area contributed by atoms with E-state index in [0.29, 0.717) is 32.0 Å². The first-order valence-electron chi connectivity index (χ1n) is 9.17. The number of hydrogen-bond donors (Lipinski definition) is 1. The fraction of sp³-hybridized carbons (Fsp3) is 0.611. The number of carbonyl (C=O) groups excluding carboxylic acids is 1. The lowest BCUT2D eigenvalue weighted by Gasteiger charge is -2.27. The minimum absolute atomic E-state index is 0.137. The molecule has 2 aliphatic heterocycles. The lowest BCUT2D eigenvalue weighted by molar-refractivity contribution is -0.118. The summed E-state index contributed by atoms with van der Waals surface area (Å²) >= 11 is 0. The summed E-state index contributed by atoms with van der Waals surface area (Å²) in [5, 5.41) is 2.87. The summed E-state index contributed by atoms with van der Waals surface area (Å²) in [5.74, 6) is -0.137. The third-order valence-corrected chi connectivity index (χ3v) is 6.80. The summed E-state index contributed by atoms with van der Waals surface area (Å²) < 4.78 is 32.5. The minimum Gasteiger partial charge on any atom is -0.379 e. The largest absolute Gasteiger partial charge is 0.379 e. The Hall–Kier alpha value is -1.48. The molecule has 26 heavy (non-hydrogen) atoms. The van der Waals surface area contributed by atoms with Crippen molar-refractivity contribution in [2.45, 2.75) is 31.1 Å². The first kappa shape index (κ1) is 19.3. The van der Waals surface area contributed by atoms with Crippen molar-refractivity contribution >= 4 is 21.6 Å². The second kappa shape index (κ2) is 8.47. The molecule has 0 spiro atoms. The molecule has 0 atom stereocenters. The van der Waals surface area contributed by atoms with E-state index in [1.807, 2.05) is 11.8 Å². The molecule has 0 unspecified atom stereocenters. The molecule has 2 saturated heterocycles. The number of hydrogen-bond acceptors (Lipinski definition) is 5. The van der Waals surface area contributed by atoms with E-state index < -0.39 is 10.0 Å². The highest BCUT2D eigenvalue weighted by molar-refractivity contribution is 7.89. The zero-order valence-corrected chi connectivity index (χ0v) is 16.1. The van der Waals surface area contributed by atoms with Crippen LogP contribution in [0.15, 0.2) is 23.1 Å². The molecule has 144 valence electrons. The number of rotatable bonds is 5. The van der Waals surface area contributed by atoms with Crippen molar-refractivity contribution in [3.8, 4) is 0 Å². The van der Waals surface area contributed by atoms with Crippen molar-refractivity contribution < 1.29 is 17.9 Å². The molecule has 0 aromatic heterocycles. The lowest BCUT2D eigenvalue weighted by Crippen LogP contribution is -2.41. The Morgan fingerprint density at radius 3 is 2.50 bits per heavy atom. The Morgan fingerprint density at radius 1 is 1.12 bits per heavy atom. The zero-order valence-electron chi connectivity index (χ0n) is 15.2. The van der Waals surface area contributed by atoms with Gasteiger partial charge < -0.3 is 10.1 Å². The maximum Gasteiger partial charge on any atom is 0.243 e. The van der Waals surface area contributed by atoms with Crippen LogP contribution < -0.4 is 5.32 Å². The van der Waals surface area contributed by atoms with Gasteiger partial charge in [0.05, 0.1) is 24.7 Å². The van der Waals surface area contributed by atoms with E-state index in [1.165, 1.54) is 0 Å². The third-order valence-electron chi connectivity index (χ3n) is 4.91. The van der Waals surface area contributed by atoms with Gasteiger partial charge >= 0.3 is 0 Å². The molecule has 1 aromatic carbocycles. The molecule has 3 rings (SSSR count). The molecule has 1 amide bonds. The number of aryl methyl sites for hydroxylation is 1. The number of nitrogens with zero attached hydrogens (tertiary/aromatic N) is 2. The first-order valence-corrected chi connectivity index (χ1v) is 10.6. The summed E-state index contributed by atoms with van der Waals surface area (Å²) in [6.45, 7) is 6.01. The van der Waals surface area contributed by atoms with Crippen LogP contribution in [-0.4, -0.2) is 69.5 Å². The SMILES string of the molecule is Cc1ccc(S(=O)(=O)N2CCCCC2)cc1NC(=O)CN1CCOCC1. The van der Waals surface area contributed by atoms with Gasteiger partial charge in [-0.05, 0) is 37.5 Å². The van der Waals surface area contributed by atoms with Crippen LogP contribution in [0.1, 0.15) is 24.8 Å². The predicted molar refractivity (Wildman–Crippen MR) is 99.7 cm³/mol. The van der Waals surface area contributed by atoms with Crippen LogP contribution in [0.5, 0.6) is 0 Å². The summed E-state index contributed by atoms with van der Waals surface area (Å²) in [5.41, 5.74) is 1.40. The van der Waals surface area contributed by atoms with Crippen molar-refractivity contribution in [2.24, 2.45) is 0 Å². The molecular weight excluding hydrogens is 354 g/mol. The van der Waals surface area contributed by atoms with Gasteiger partial charge in [-0.25, -0.2) is 8.42 Å². The Balaban J connectivity index is 1.71. The molecule has 1 aromatic rings. The summed E-state index contributed by atoms with van der Waals surface area (Å²) in [6.07, 6.45) is 2.87. The van der Waals surface area contributed by atoms with Crippen LogP contribution in [0.2, 0.25) is 0 Å². The maximum atomic E-state index is 12.8. The number of morpholine rings is 1. The summed E-state index contributed by atoms with van der Waals surface area (Å²) in [6, 6.07) is 4.95. The highest BCUT2D eigenvalue weighted by Gasteiger charge is 2.26. The molecule has 0 bridgehead atoms. The first-order chi connectivity index (χ1) is 12.5. The second-order valence-corrected chi connectivity index (χ2v) is 8.82. The van der Waals surface area contributed by atoms with Crippen LogP contribution >= 0.6 is 0 Å². The van der Waals surface area contributed by atoms with Gasteiger partial charge in [0.2, 0.25) is 15.9 Å². The third kappa shape index (κ3) is 4.62. The van der Waals surface area contributed by atoms with Crippen LogP contribution in [-0.2, 0) is 19.6 Å². The van der Waals surface area contributed by atoms with E-state index in [4.69, 9.17) is 4.74 Å². The van der Waals surface area contributed by atoms with Gasteiger partial charge in [0.25, 0.3) is 0 Å². The number of benzene rings is 1. The Bertz CT molecular complexity index is 739. The van der Waals surface area contributed by atoms with Gasteiger partial charge in [-0.3, -0.25) is 9.69 Å². The second-order valence-electron chi connectivity index (χ2n) is 6.88. The van der Waals surface area contributed by atoms with Gasteiger partial charge in [0.1, 0.15) is 0 Å². The molecule has 2 aliphatic rings. The van der Waals surface area contributed by atoms with Gasteiger partial charge in [0, 0.05) is 31.9 Å². The van der Waals surface area contributed by atoms with Crippen LogP contribution in [0.4, 0.5) is 5.69 Å². The summed E-state index contributed by atoms with van der Waals surface area (Å²) in [7, 11) is -3.51. The van der Waals surface area contributed by atoms with Gasteiger partial charge in [-0.15, -0.1) is 0 Å². The lowest BCUT2D eigenvalue weighted by atomic mass is 10.2. The molecule has 0 radical (unpaired) electrons. The van der Waals surface area contributed by atoms with Crippen molar-refractivity contribution in [3.63, 3.8) is 0 Å². The molecular formula is C18H27N3O4S. The number of piperidine rings is 1. The van der Waals surface area contributed by atoms with Gasteiger partial charge in [-0.1, -0.05) is 12.5 Å². The molecule has 2 heterocycles. The fourth-order valence-corrected chi connectivity index (χ4v) is 4.85. The topological polar surface area (TPSA) is 79.0 Å². The molecule has 7 nitrogen and oxygen atoms in total. The van der Waals surface area contributed by atoms with E-state index in [1.54, 1.807) is 22.5 Å². The number of ether oxygens (including phenoxy) is 1. The number of amides is 1. The molecule has 0 saturated carbocycles. The number of sulfonamides is 1. The van der Waals surface area contributed by atoms with Crippen LogP contribution in [0.3, 0.4) is 0 Å². The molecule has 1 N–H and O–H groups in total. The normalized spacial score (nSPS) is 20.0. The van der Waals surface area contributed by atoms with Crippen molar-refractivity contribution in [1.29, 1.82) is 0 Å². The maximum absolute atomic E-state index is 12.8. The van der Waals surface area contributed by atoms with E-state index in [9.17, 15) is 13.2 Å². The van der Waals surface area contributed by atoms with Crippen molar-refractivity contribution in [2.75, 3.05) is 51.3 Å². The van der Waals surface area contributed by atoms with E-state index in [-0.39, 0.29) is 17.3 Å². The Labute approximate surface area is 155 Å². The highest BCUT2D eigenvalue weighted by Crippen LogP contribution is 2.25. The van der Waals surface area contributed by atoms with Crippen molar-refractivity contribution in [1.82, 2.24) is 9.21 Å². The van der Waals surface area contributed by atoms with E-state index in [0.717, 1.165) is 37.9 Å². The minimum atomic E-state index is -3.51. The summed E-state index contributed by atoms with van der Waals surface area (Å²) in [4.78, 5) is 14.6. The number of nitrogens with one attached hydrogen (secondary N) is 1. The monoisotopic (exact) mass is 381 g/mol. The van der Waals surface area contributed by atoms with Crippen LogP contribution in [0, 0.1) is 6.92 Å². The molecule has 0 aliphatic carbocycles. The quantitative estimate of drug-likeness (QED) is 0.835. The smallest absolute Gasteiger partial charge is 0.243 e. The molecule has 2 fully saturated rings. The van der Waals surface area contributed by atoms with Crippen molar-refractivity contribution in [3.05, 3.63) is 23.8 Å². The average Bonchev–Trinajstić information content (AvgIpc) is 2.65. The number of anilines is 1. The predicted octanol–water partition coefficient (Wildman–Crippen LogP) is 1.44. The van der Waals surface area contributed by atoms with Crippen LogP contribution in [0.25, 0.3) is 0 Å². The Kier molecular flexibility index (Phi) is 6.29. The average molecular weight is 381 g/mol. The standard InChI is InChI=1S/C18H27N3O4S/c1-15-5-6-16(26(23,24)21-7-3-2-4-8-21)13-17(15)19-18(22)14-20-9-11-25-12-10-20/h5-6,13H,2-4,7-12,14H2,1H3,(H,19,22). The molecule has 8 heteroatoms. The van der Waals surface area contributed by atoms with Gasteiger partial charge in [-0.2, -0.15) is 4.31 Å². The number of carbonyl (C=O) groups is 1. The van der Waals surface area contributed by atoms with E-state index in [2.05, 4.69) is 5.32 Å². The zero-order chi connectivity index (χ0) is 18.6. The van der Waals surface area contributed by atoms with E-state index >= 15 is 0 Å².